The molecule has 18 heavy (non-hydrogen) atoms. The van der Waals surface area contributed by atoms with Crippen LogP contribution in [0, 0.1) is 5.41 Å². The molecule has 0 bridgehead atoms. The maximum absolute atomic E-state index is 11.9. The van der Waals surface area contributed by atoms with Gasteiger partial charge in [0.1, 0.15) is 0 Å². The maximum atomic E-state index is 11.9. The molecule has 0 aromatic heterocycles. The van der Waals surface area contributed by atoms with Crippen LogP contribution in [-0.4, -0.2) is 17.4 Å². The van der Waals surface area contributed by atoms with Crippen LogP contribution in [0.5, 0.6) is 0 Å². The Labute approximate surface area is 122 Å². The predicted octanol–water partition coefficient (Wildman–Crippen LogP) is 3.04. The molecule has 6 heteroatoms. The lowest BCUT2D eigenvalue weighted by molar-refractivity contribution is 0.0945. The van der Waals surface area contributed by atoms with Crippen molar-refractivity contribution in [1.82, 2.24) is 5.32 Å². The Morgan fingerprint density at radius 1 is 1.33 bits per heavy atom. The topological polar surface area (TPSA) is 55.1 Å². The van der Waals surface area contributed by atoms with Crippen molar-refractivity contribution in [2.75, 3.05) is 6.54 Å². The average molecular weight is 305 g/mol. The first kappa shape index (κ1) is 15.2. The third-order valence-corrected chi connectivity index (χ3v) is 3.47. The van der Waals surface area contributed by atoms with Crippen molar-refractivity contribution in [2.45, 2.75) is 13.8 Å². The monoisotopic (exact) mass is 304 g/mol. The summed E-state index contributed by atoms with van der Waals surface area (Å²) in [5.74, 6) is -0.260. The van der Waals surface area contributed by atoms with Crippen molar-refractivity contribution in [2.24, 2.45) is 11.1 Å². The van der Waals surface area contributed by atoms with Crippen LogP contribution in [0.3, 0.4) is 0 Å². The number of hydrogen-bond donors (Lipinski definition) is 2. The van der Waals surface area contributed by atoms with Gasteiger partial charge in [-0.25, -0.2) is 0 Å². The molecular weight excluding hydrogens is 291 g/mol. The van der Waals surface area contributed by atoms with Gasteiger partial charge in [-0.15, -0.1) is 0 Å². The third-order valence-electron chi connectivity index (χ3n) is 2.48. The molecule has 0 fully saturated rings. The zero-order chi connectivity index (χ0) is 13.9. The van der Waals surface area contributed by atoms with Crippen LogP contribution in [-0.2, 0) is 0 Å². The van der Waals surface area contributed by atoms with E-state index < -0.39 is 5.41 Å². The van der Waals surface area contributed by atoms with Gasteiger partial charge in [0, 0.05) is 27.6 Å². The van der Waals surface area contributed by atoms with Crippen LogP contribution in [0.4, 0.5) is 0 Å². The van der Waals surface area contributed by atoms with E-state index in [-0.39, 0.29) is 5.91 Å². The van der Waals surface area contributed by atoms with Crippen LogP contribution in [0.15, 0.2) is 18.2 Å². The molecule has 0 saturated carbocycles. The van der Waals surface area contributed by atoms with Crippen molar-refractivity contribution in [1.29, 1.82) is 0 Å². The molecule has 0 aliphatic heterocycles. The Morgan fingerprint density at radius 3 is 2.28 bits per heavy atom. The highest BCUT2D eigenvalue weighted by Gasteiger charge is 2.22. The largest absolute Gasteiger partial charge is 0.393 e. The molecule has 0 saturated heterocycles. The van der Waals surface area contributed by atoms with E-state index in [9.17, 15) is 4.79 Å². The molecule has 0 radical (unpaired) electrons. The van der Waals surface area contributed by atoms with Crippen LogP contribution in [0.25, 0.3) is 0 Å². The van der Waals surface area contributed by atoms with Gasteiger partial charge in [0.15, 0.2) is 0 Å². The second kappa shape index (κ2) is 5.87. The molecule has 0 aliphatic rings. The molecule has 1 aromatic rings. The number of nitrogens with two attached hydrogens (primary N) is 1. The zero-order valence-corrected chi connectivity index (χ0v) is 12.4. The summed E-state index contributed by atoms with van der Waals surface area (Å²) in [5, 5.41) is 3.59. The first-order valence-electron chi connectivity index (χ1n) is 5.26. The first-order chi connectivity index (χ1) is 8.22. The Hall–Kier alpha value is -0.840. The van der Waals surface area contributed by atoms with Crippen molar-refractivity contribution in [3.8, 4) is 0 Å². The number of benzene rings is 1. The fourth-order valence-corrected chi connectivity index (χ4v) is 1.77. The van der Waals surface area contributed by atoms with E-state index >= 15 is 0 Å². The summed E-state index contributed by atoms with van der Waals surface area (Å²) < 4.78 is 0. The van der Waals surface area contributed by atoms with Gasteiger partial charge < -0.3 is 11.1 Å². The summed E-state index contributed by atoms with van der Waals surface area (Å²) in [5.41, 5.74) is 5.55. The molecule has 0 aliphatic carbocycles. The van der Waals surface area contributed by atoms with E-state index in [0.29, 0.717) is 27.1 Å². The molecule has 1 rings (SSSR count). The smallest absolute Gasteiger partial charge is 0.251 e. The molecule has 1 amide bonds. The van der Waals surface area contributed by atoms with Crippen molar-refractivity contribution in [3.63, 3.8) is 0 Å². The molecule has 0 heterocycles. The second-order valence-corrected chi connectivity index (χ2v) is 5.90. The summed E-state index contributed by atoms with van der Waals surface area (Å²) in [6.45, 7) is 4.08. The minimum Gasteiger partial charge on any atom is -0.393 e. The van der Waals surface area contributed by atoms with Crippen LogP contribution < -0.4 is 11.1 Å². The van der Waals surface area contributed by atoms with E-state index in [1.807, 2.05) is 13.8 Å². The first-order valence-corrected chi connectivity index (χ1v) is 6.43. The highest BCUT2D eigenvalue weighted by Crippen LogP contribution is 2.19. The lowest BCUT2D eigenvalue weighted by atomic mass is 9.93. The van der Waals surface area contributed by atoms with Gasteiger partial charge in [-0.2, -0.15) is 0 Å². The lowest BCUT2D eigenvalue weighted by Gasteiger charge is -2.23. The summed E-state index contributed by atoms with van der Waals surface area (Å²) >= 11 is 16.6. The molecule has 98 valence electrons. The number of thiocarbonyl (C=S) groups is 1. The Kier molecular flexibility index (Phi) is 4.96. The molecule has 3 nitrogen and oxygen atoms in total. The van der Waals surface area contributed by atoms with Crippen LogP contribution in [0.2, 0.25) is 10.0 Å². The Morgan fingerprint density at radius 2 is 1.83 bits per heavy atom. The second-order valence-electron chi connectivity index (χ2n) is 4.59. The van der Waals surface area contributed by atoms with E-state index in [0.717, 1.165) is 0 Å². The Balaban J connectivity index is 2.75. The van der Waals surface area contributed by atoms with Crippen LogP contribution in [0.1, 0.15) is 24.2 Å². The van der Waals surface area contributed by atoms with Crippen molar-refractivity contribution < 1.29 is 4.79 Å². The predicted molar refractivity (Wildman–Crippen MR) is 79.4 cm³/mol. The number of carbonyl (C=O) groups excluding carboxylic acids is 1. The van der Waals surface area contributed by atoms with Gasteiger partial charge in [-0.05, 0) is 18.2 Å². The number of rotatable bonds is 4. The van der Waals surface area contributed by atoms with Gasteiger partial charge in [-0.3, -0.25) is 4.79 Å². The third kappa shape index (κ3) is 4.12. The summed E-state index contributed by atoms with van der Waals surface area (Å²) in [7, 11) is 0. The van der Waals surface area contributed by atoms with Crippen molar-refractivity contribution >= 4 is 46.3 Å². The molecular formula is C12H14Cl2N2OS. The number of hydrogen-bond acceptors (Lipinski definition) is 2. The van der Waals surface area contributed by atoms with E-state index in [2.05, 4.69) is 5.32 Å². The molecule has 3 N–H and O–H groups in total. The summed E-state index contributed by atoms with van der Waals surface area (Å²) in [4.78, 5) is 12.3. The fourth-order valence-electron chi connectivity index (χ4n) is 1.18. The molecule has 1 aromatic carbocycles. The SMILES string of the molecule is CC(C)(CNC(=O)c1cc(Cl)cc(Cl)c1)C(N)=S. The van der Waals surface area contributed by atoms with Crippen LogP contribution >= 0.6 is 35.4 Å². The van der Waals surface area contributed by atoms with Gasteiger partial charge in [-0.1, -0.05) is 49.3 Å². The highest BCUT2D eigenvalue weighted by atomic mass is 35.5. The lowest BCUT2D eigenvalue weighted by Crippen LogP contribution is -2.41. The van der Waals surface area contributed by atoms with Crippen molar-refractivity contribution in [3.05, 3.63) is 33.8 Å². The highest BCUT2D eigenvalue weighted by molar-refractivity contribution is 7.80. The zero-order valence-electron chi connectivity index (χ0n) is 10.1. The van der Waals surface area contributed by atoms with E-state index in [1.54, 1.807) is 18.2 Å². The van der Waals surface area contributed by atoms with Gasteiger partial charge in [0.05, 0.1) is 4.99 Å². The normalized spacial score (nSPS) is 11.1. The summed E-state index contributed by atoms with van der Waals surface area (Å²) in [6.07, 6.45) is 0. The van der Waals surface area contributed by atoms with Gasteiger partial charge >= 0.3 is 0 Å². The summed E-state index contributed by atoms with van der Waals surface area (Å²) in [6, 6.07) is 4.67. The number of carbonyl (C=O) groups is 1. The number of nitrogens with one attached hydrogen (secondary N) is 1. The van der Waals surface area contributed by atoms with Gasteiger partial charge in [0.2, 0.25) is 0 Å². The fraction of sp³-hybridized carbons (Fsp3) is 0.333. The average Bonchev–Trinajstić information content (AvgIpc) is 2.24. The Bertz CT molecular complexity index is 469. The molecule has 0 unspecified atom stereocenters. The maximum Gasteiger partial charge on any atom is 0.251 e. The minimum atomic E-state index is -0.437. The standard InChI is InChI=1S/C12H14Cl2N2OS/c1-12(2,11(15)18)6-16-10(17)7-3-8(13)5-9(14)4-7/h3-5H,6H2,1-2H3,(H2,15,18)(H,16,17). The number of halogens is 2. The molecule has 0 atom stereocenters. The number of amides is 1. The van der Waals surface area contributed by atoms with Gasteiger partial charge in [0.25, 0.3) is 5.91 Å². The quantitative estimate of drug-likeness (QED) is 0.841. The molecule has 0 spiro atoms. The van der Waals surface area contributed by atoms with E-state index in [1.165, 1.54) is 0 Å². The van der Waals surface area contributed by atoms with E-state index in [4.69, 9.17) is 41.2 Å². The minimum absolute atomic E-state index is 0.260.